The van der Waals surface area contributed by atoms with Gasteiger partial charge in [0.25, 0.3) is 0 Å². The van der Waals surface area contributed by atoms with Crippen molar-refractivity contribution in [2.75, 3.05) is 6.26 Å². The maximum absolute atomic E-state index is 11.3. The minimum Gasteiger partial charge on any atom is -0.327 e. The Hall–Kier alpha value is -0.870. The molecular weight excluding hydrogens is 222 g/mol. The van der Waals surface area contributed by atoms with E-state index in [4.69, 9.17) is 5.73 Å². The van der Waals surface area contributed by atoms with Gasteiger partial charge >= 0.3 is 0 Å². The second kappa shape index (κ2) is 4.18. The molecule has 1 aromatic carbocycles. The summed E-state index contributed by atoms with van der Waals surface area (Å²) in [6.07, 6.45) is 4.54. The number of hydrogen-bond donors (Lipinski definition) is 1. The predicted molar refractivity (Wildman–Crippen MR) is 64.0 cm³/mol. The number of hydrogen-bond acceptors (Lipinski definition) is 3. The van der Waals surface area contributed by atoms with Crippen LogP contribution in [0.4, 0.5) is 0 Å². The van der Waals surface area contributed by atoms with Gasteiger partial charge < -0.3 is 5.73 Å². The lowest BCUT2D eigenvalue weighted by Gasteiger charge is -2.10. The molecule has 2 rings (SSSR count). The van der Waals surface area contributed by atoms with Crippen LogP contribution in [-0.2, 0) is 16.3 Å². The molecule has 0 aromatic heterocycles. The summed E-state index contributed by atoms with van der Waals surface area (Å²) in [5, 5.41) is 0. The summed E-state index contributed by atoms with van der Waals surface area (Å²) in [6, 6.07) is 7.26. The smallest absolute Gasteiger partial charge is 0.175 e. The molecule has 0 heterocycles. The summed E-state index contributed by atoms with van der Waals surface area (Å²) < 4.78 is 22.5. The molecular formula is C12H17NO2S. The zero-order chi connectivity index (χ0) is 11.8. The molecule has 0 spiro atoms. The van der Waals surface area contributed by atoms with Gasteiger partial charge in [0.2, 0.25) is 0 Å². The summed E-state index contributed by atoms with van der Waals surface area (Å²) >= 11 is 0. The summed E-state index contributed by atoms with van der Waals surface area (Å²) in [7, 11) is -3.08. The second-order valence-electron chi connectivity index (χ2n) is 4.62. The standard InChI is InChI=1S/C12H17NO2S/c1-16(14,15)11-6-2-9(3-7-11)8-12(13)10-4-5-10/h2-3,6-7,10,12H,4-5,8,13H2,1H3. The molecule has 0 amide bonds. The van der Waals surface area contributed by atoms with E-state index in [2.05, 4.69) is 0 Å². The molecule has 0 saturated heterocycles. The van der Waals surface area contributed by atoms with E-state index in [1.807, 2.05) is 12.1 Å². The molecule has 2 N–H and O–H groups in total. The van der Waals surface area contributed by atoms with Gasteiger partial charge in [0, 0.05) is 12.3 Å². The Kier molecular flexibility index (Phi) is 3.04. The van der Waals surface area contributed by atoms with Crippen LogP contribution in [0.5, 0.6) is 0 Å². The fourth-order valence-corrected chi connectivity index (χ4v) is 2.47. The molecule has 1 saturated carbocycles. The maximum atomic E-state index is 11.3. The normalized spacial score (nSPS) is 18.4. The molecule has 1 atom stereocenters. The third-order valence-electron chi connectivity index (χ3n) is 3.05. The Balaban J connectivity index is 2.07. The molecule has 0 radical (unpaired) electrons. The lowest BCUT2D eigenvalue weighted by Crippen LogP contribution is -2.24. The molecule has 1 aromatic rings. The Morgan fingerprint density at radius 3 is 2.31 bits per heavy atom. The van der Waals surface area contributed by atoms with Crippen molar-refractivity contribution in [1.82, 2.24) is 0 Å². The molecule has 1 aliphatic carbocycles. The minimum atomic E-state index is -3.08. The van der Waals surface area contributed by atoms with E-state index >= 15 is 0 Å². The highest BCUT2D eigenvalue weighted by molar-refractivity contribution is 7.90. The Morgan fingerprint density at radius 1 is 1.31 bits per heavy atom. The molecule has 0 bridgehead atoms. The van der Waals surface area contributed by atoms with Crippen LogP contribution >= 0.6 is 0 Å². The van der Waals surface area contributed by atoms with Crippen LogP contribution < -0.4 is 5.73 Å². The van der Waals surface area contributed by atoms with Gasteiger partial charge in [-0.25, -0.2) is 8.42 Å². The zero-order valence-electron chi connectivity index (χ0n) is 9.39. The first kappa shape index (κ1) is 11.6. The molecule has 1 unspecified atom stereocenters. The second-order valence-corrected chi connectivity index (χ2v) is 6.64. The Labute approximate surface area is 96.6 Å². The van der Waals surface area contributed by atoms with Gasteiger partial charge in [0.05, 0.1) is 4.90 Å². The highest BCUT2D eigenvalue weighted by Crippen LogP contribution is 2.32. The predicted octanol–water partition coefficient (Wildman–Crippen LogP) is 1.37. The number of benzene rings is 1. The van der Waals surface area contributed by atoms with E-state index < -0.39 is 9.84 Å². The lowest BCUT2D eigenvalue weighted by atomic mass is 10.0. The van der Waals surface area contributed by atoms with Crippen molar-refractivity contribution in [3.05, 3.63) is 29.8 Å². The molecule has 16 heavy (non-hydrogen) atoms. The highest BCUT2D eigenvalue weighted by Gasteiger charge is 2.28. The van der Waals surface area contributed by atoms with Crippen LogP contribution in [0.2, 0.25) is 0 Å². The summed E-state index contributed by atoms with van der Waals surface area (Å²) in [5.41, 5.74) is 7.13. The van der Waals surface area contributed by atoms with Crippen LogP contribution in [0, 0.1) is 5.92 Å². The summed E-state index contributed by atoms with van der Waals surface area (Å²) in [5.74, 6) is 0.676. The molecule has 0 aliphatic heterocycles. The zero-order valence-corrected chi connectivity index (χ0v) is 10.2. The van der Waals surface area contributed by atoms with Crippen LogP contribution in [0.15, 0.2) is 29.2 Å². The van der Waals surface area contributed by atoms with Crippen LogP contribution in [0.25, 0.3) is 0 Å². The number of rotatable bonds is 4. The van der Waals surface area contributed by atoms with Gasteiger partial charge in [-0.1, -0.05) is 12.1 Å². The topological polar surface area (TPSA) is 60.2 Å². The monoisotopic (exact) mass is 239 g/mol. The van der Waals surface area contributed by atoms with E-state index in [9.17, 15) is 8.42 Å². The van der Waals surface area contributed by atoms with Crippen molar-refractivity contribution in [3.8, 4) is 0 Å². The van der Waals surface area contributed by atoms with E-state index in [0.29, 0.717) is 10.8 Å². The van der Waals surface area contributed by atoms with Crippen molar-refractivity contribution in [2.24, 2.45) is 11.7 Å². The SMILES string of the molecule is CS(=O)(=O)c1ccc(CC(N)C2CC2)cc1. The van der Waals surface area contributed by atoms with Gasteiger partial charge in [0.15, 0.2) is 9.84 Å². The van der Waals surface area contributed by atoms with Crippen LogP contribution in [-0.4, -0.2) is 20.7 Å². The van der Waals surface area contributed by atoms with E-state index in [-0.39, 0.29) is 6.04 Å². The molecule has 88 valence electrons. The third-order valence-corrected chi connectivity index (χ3v) is 4.18. The number of sulfone groups is 1. The summed E-state index contributed by atoms with van der Waals surface area (Å²) in [4.78, 5) is 0.372. The minimum absolute atomic E-state index is 0.226. The van der Waals surface area contributed by atoms with Crippen LogP contribution in [0.1, 0.15) is 18.4 Å². The maximum Gasteiger partial charge on any atom is 0.175 e. The van der Waals surface area contributed by atoms with Gasteiger partial charge in [-0.15, -0.1) is 0 Å². The quantitative estimate of drug-likeness (QED) is 0.863. The first-order valence-corrected chi connectivity index (χ1v) is 7.40. The fourth-order valence-electron chi connectivity index (χ4n) is 1.84. The average molecular weight is 239 g/mol. The van der Waals surface area contributed by atoms with Crippen molar-refractivity contribution in [2.45, 2.75) is 30.2 Å². The summed E-state index contributed by atoms with van der Waals surface area (Å²) in [6.45, 7) is 0. The van der Waals surface area contributed by atoms with E-state index in [1.54, 1.807) is 12.1 Å². The first-order valence-electron chi connectivity index (χ1n) is 5.51. The first-order chi connectivity index (χ1) is 7.47. The van der Waals surface area contributed by atoms with Gasteiger partial charge in [-0.2, -0.15) is 0 Å². The van der Waals surface area contributed by atoms with E-state index in [0.717, 1.165) is 12.0 Å². The van der Waals surface area contributed by atoms with Crippen molar-refractivity contribution < 1.29 is 8.42 Å². The van der Waals surface area contributed by atoms with E-state index in [1.165, 1.54) is 19.1 Å². The van der Waals surface area contributed by atoms with Gasteiger partial charge in [-0.3, -0.25) is 0 Å². The van der Waals surface area contributed by atoms with Crippen molar-refractivity contribution in [1.29, 1.82) is 0 Å². The van der Waals surface area contributed by atoms with Gasteiger partial charge in [0.1, 0.15) is 0 Å². The molecule has 1 aliphatic rings. The molecule has 3 nitrogen and oxygen atoms in total. The van der Waals surface area contributed by atoms with Gasteiger partial charge in [-0.05, 0) is 42.9 Å². The van der Waals surface area contributed by atoms with Crippen LogP contribution in [0.3, 0.4) is 0 Å². The Bertz CT molecular complexity index is 460. The third kappa shape index (κ3) is 2.83. The highest BCUT2D eigenvalue weighted by atomic mass is 32.2. The molecule has 4 heteroatoms. The average Bonchev–Trinajstić information content (AvgIpc) is 3.00. The largest absolute Gasteiger partial charge is 0.327 e. The fraction of sp³-hybridized carbons (Fsp3) is 0.500. The lowest BCUT2D eigenvalue weighted by molar-refractivity contribution is 0.591. The van der Waals surface area contributed by atoms with Crippen molar-refractivity contribution >= 4 is 9.84 Å². The molecule has 1 fully saturated rings. The Morgan fingerprint density at radius 2 is 1.88 bits per heavy atom. The number of nitrogens with two attached hydrogens (primary N) is 1. The van der Waals surface area contributed by atoms with Crippen molar-refractivity contribution in [3.63, 3.8) is 0 Å².